The monoisotopic (exact) mass is 521 g/mol. The Labute approximate surface area is 224 Å². The molecule has 0 amide bonds. The van der Waals surface area contributed by atoms with Crippen molar-refractivity contribution in [3.8, 4) is 28.6 Å². The molecular formula is C29H27N7OS. The van der Waals surface area contributed by atoms with Gasteiger partial charge in [-0.1, -0.05) is 61.9 Å². The fourth-order valence-corrected chi connectivity index (χ4v) is 5.40. The molecular weight excluding hydrogens is 494 g/mol. The van der Waals surface area contributed by atoms with Gasteiger partial charge in [0, 0.05) is 22.4 Å². The van der Waals surface area contributed by atoms with Gasteiger partial charge in [-0.2, -0.15) is 10.5 Å². The topological polar surface area (TPSA) is 113 Å². The highest BCUT2D eigenvalue weighted by Crippen LogP contribution is 2.30. The SMILES string of the molecule is CCCCc1nc(C)n(Cc2sccc2C#N)c(=O)c1Cc1ccc(-c2ccccc2-c2nn[nH]n2)cc1. The number of aromatic amines is 1. The lowest BCUT2D eigenvalue weighted by Crippen LogP contribution is -2.30. The van der Waals surface area contributed by atoms with Gasteiger partial charge < -0.3 is 0 Å². The largest absolute Gasteiger partial charge is 0.291 e. The van der Waals surface area contributed by atoms with E-state index in [0.717, 1.165) is 57.7 Å². The maximum absolute atomic E-state index is 13.8. The Morgan fingerprint density at radius 3 is 2.58 bits per heavy atom. The highest BCUT2D eigenvalue weighted by atomic mass is 32.1. The lowest BCUT2D eigenvalue weighted by Gasteiger charge is -2.15. The van der Waals surface area contributed by atoms with Gasteiger partial charge in [-0.05, 0) is 53.1 Å². The highest BCUT2D eigenvalue weighted by Gasteiger charge is 2.17. The van der Waals surface area contributed by atoms with Crippen LogP contribution in [0, 0.1) is 18.3 Å². The molecule has 0 aliphatic rings. The average molecular weight is 522 g/mol. The predicted octanol–water partition coefficient (Wildman–Crippen LogP) is 5.31. The molecule has 0 aliphatic heterocycles. The van der Waals surface area contributed by atoms with Crippen molar-refractivity contribution in [3.63, 3.8) is 0 Å². The fourth-order valence-electron chi connectivity index (χ4n) is 4.59. The lowest BCUT2D eigenvalue weighted by atomic mass is 9.96. The summed E-state index contributed by atoms with van der Waals surface area (Å²) in [6, 6.07) is 20.2. The summed E-state index contributed by atoms with van der Waals surface area (Å²) in [6.45, 7) is 4.36. The van der Waals surface area contributed by atoms with Gasteiger partial charge >= 0.3 is 0 Å². The van der Waals surface area contributed by atoms with E-state index in [1.54, 1.807) is 10.6 Å². The van der Waals surface area contributed by atoms with Gasteiger partial charge in [-0.25, -0.2) is 4.98 Å². The molecule has 5 aromatic rings. The first-order valence-corrected chi connectivity index (χ1v) is 13.4. The molecule has 0 bridgehead atoms. The quantitative estimate of drug-likeness (QED) is 0.281. The maximum Gasteiger partial charge on any atom is 0.257 e. The number of thiophene rings is 1. The number of hydrogen-bond acceptors (Lipinski definition) is 7. The number of nitriles is 1. The minimum atomic E-state index is -0.0348. The molecule has 8 nitrogen and oxygen atoms in total. The number of H-pyrrole nitrogens is 1. The standard InChI is InChI=1S/C29H27N7OS/c1-3-4-9-26-25(29(37)36(19(2)31-26)18-27-22(17-30)14-15-38-27)16-20-10-12-21(13-11-20)23-7-5-6-8-24(23)28-32-34-35-33-28/h5-8,10-15H,3-4,9,16,18H2,1-2H3,(H,32,33,34,35). The van der Waals surface area contributed by atoms with Gasteiger partial charge in [-0.3, -0.25) is 9.36 Å². The van der Waals surface area contributed by atoms with Gasteiger partial charge in [0.05, 0.1) is 17.8 Å². The number of aryl methyl sites for hydroxylation is 2. The zero-order valence-corrected chi connectivity index (χ0v) is 22.1. The van der Waals surface area contributed by atoms with Crippen LogP contribution in [0.15, 0.2) is 64.8 Å². The molecule has 0 aliphatic carbocycles. The summed E-state index contributed by atoms with van der Waals surface area (Å²) in [4.78, 5) is 19.5. The second-order valence-corrected chi connectivity index (χ2v) is 10.1. The minimum absolute atomic E-state index is 0.0348. The number of tetrazole rings is 1. The molecule has 0 radical (unpaired) electrons. The summed E-state index contributed by atoms with van der Waals surface area (Å²) < 4.78 is 1.70. The van der Waals surface area contributed by atoms with Crippen molar-refractivity contribution >= 4 is 11.3 Å². The Bertz CT molecular complexity index is 1640. The van der Waals surface area contributed by atoms with E-state index < -0.39 is 0 Å². The van der Waals surface area contributed by atoms with Crippen LogP contribution in [0.5, 0.6) is 0 Å². The molecule has 190 valence electrons. The molecule has 38 heavy (non-hydrogen) atoms. The van der Waals surface area contributed by atoms with E-state index in [9.17, 15) is 10.1 Å². The molecule has 2 aromatic carbocycles. The Morgan fingerprint density at radius 2 is 1.87 bits per heavy atom. The molecule has 0 saturated heterocycles. The van der Waals surface area contributed by atoms with Crippen LogP contribution < -0.4 is 5.56 Å². The molecule has 0 saturated carbocycles. The molecule has 3 aromatic heterocycles. The molecule has 1 N–H and O–H groups in total. The van der Waals surface area contributed by atoms with E-state index in [0.29, 0.717) is 30.2 Å². The summed E-state index contributed by atoms with van der Waals surface area (Å²) in [5.41, 5.74) is 6.12. The van der Waals surface area contributed by atoms with Crippen molar-refractivity contribution in [1.82, 2.24) is 30.2 Å². The number of unbranched alkanes of at least 4 members (excludes halogenated alkanes) is 1. The lowest BCUT2D eigenvalue weighted by molar-refractivity contribution is 0.666. The predicted molar refractivity (Wildman–Crippen MR) is 148 cm³/mol. The zero-order valence-electron chi connectivity index (χ0n) is 21.3. The van der Waals surface area contributed by atoms with E-state index in [-0.39, 0.29) is 5.56 Å². The Kier molecular flexibility index (Phi) is 7.52. The number of hydrogen-bond donors (Lipinski definition) is 1. The van der Waals surface area contributed by atoms with E-state index >= 15 is 0 Å². The van der Waals surface area contributed by atoms with E-state index in [4.69, 9.17) is 4.98 Å². The number of nitrogens with zero attached hydrogens (tertiary/aromatic N) is 6. The summed E-state index contributed by atoms with van der Waals surface area (Å²) in [5.74, 6) is 1.22. The zero-order chi connectivity index (χ0) is 26.5. The van der Waals surface area contributed by atoms with E-state index in [1.165, 1.54) is 11.3 Å². The molecule has 0 fully saturated rings. The summed E-state index contributed by atoms with van der Waals surface area (Å²) in [6.07, 6.45) is 3.26. The van der Waals surface area contributed by atoms with Crippen LogP contribution in [0.25, 0.3) is 22.5 Å². The smallest absolute Gasteiger partial charge is 0.257 e. The van der Waals surface area contributed by atoms with Crippen molar-refractivity contribution in [1.29, 1.82) is 5.26 Å². The summed E-state index contributed by atoms with van der Waals surface area (Å²) in [5, 5.41) is 25.8. The molecule has 5 rings (SSSR count). The van der Waals surface area contributed by atoms with Crippen LogP contribution in [0.3, 0.4) is 0 Å². The number of nitrogens with one attached hydrogen (secondary N) is 1. The third-order valence-corrected chi connectivity index (χ3v) is 7.54. The van der Waals surface area contributed by atoms with Crippen molar-refractivity contribution in [3.05, 3.63) is 103 Å². The Balaban J connectivity index is 1.49. The van der Waals surface area contributed by atoms with Gasteiger partial charge in [0.25, 0.3) is 5.56 Å². The third-order valence-electron chi connectivity index (χ3n) is 6.63. The van der Waals surface area contributed by atoms with Crippen LogP contribution >= 0.6 is 11.3 Å². The van der Waals surface area contributed by atoms with Crippen LogP contribution in [0.1, 0.15) is 52.9 Å². The Morgan fingerprint density at radius 1 is 1.08 bits per heavy atom. The maximum atomic E-state index is 13.8. The van der Waals surface area contributed by atoms with E-state index in [2.05, 4.69) is 57.9 Å². The van der Waals surface area contributed by atoms with Crippen LogP contribution in [0.2, 0.25) is 0 Å². The first-order chi connectivity index (χ1) is 18.6. The van der Waals surface area contributed by atoms with Crippen molar-refractivity contribution in [2.24, 2.45) is 0 Å². The highest BCUT2D eigenvalue weighted by molar-refractivity contribution is 7.10. The summed E-state index contributed by atoms with van der Waals surface area (Å²) >= 11 is 1.49. The second kappa shape index (κ2) is 11.3. The molecule has 0 unspecified atom stereocenters. The van der Waals surface area contributed by atoms with Crippen LogP contribution in [0.4, 0.5) is 0 Å². The van der Waals surface area contributed by atoms with Crippen LogP contribution in [-0.2, 0) is 19.4 Å². The molecule has 0 spiro atoms. The van der Waals surface area contributed by atoms with Crippen molar-refractivity contribution in [2.45, 2.75) is 46.1 Å². The fraction of sp³-hybridized carbons (Fsp3) is 0.241. The van der Waals surface area contributed by atoms with Gasteiger partial charge in [-0.15, -0.1) is 21.5 Å². The molecule has 9 heteroatoms. The molecule has 0 atom stereocenters. The van der Waals surface area contributed by atoms with Crippen molar-refractivity contribution in [2.75, 3.05) is 0 Å². The normalized spacial score (nSPS) is 11.0. The first kappa shape index (κ1) is 25.2. The number of aromatic nitrogens is 6. The van der Waals surface area contributed by atoms with Gasteiger partial charge in [0.1, 0.15) is 11.9 Å². The Hall–Kier alpha value is -4.42. The van der Waals surface area contributed by atoms with Crippen molar-refractivity contribution < 1.29 is 0 Å². The third kappa shape index (κ3) is 5.17. The van der Waals surface area contributed by atoms with Crippen LogP contribution in [-0.4, -0.2) is 30.2 Å². The number of benzene rings is 2. The van der Waals surface area contributed by atoms with Gasteiger partial charge in [0.15, 0.2) is 0 Å². The van der Waals surface area contributed by atoms with Gasteiger partial charge in [0.2, 0.25) is 5.82 Å². The minimum Gasteiger partial charge on any atom is -0.291 e. The first-order valence-electron chi connectivity index (χ1n) is 12.6. The second-order valence-electron chi connectivity index (χ2n) is 9.10. The number of rotatable bonds is 9. The average Bonchev–Trinajstić information content (AvgIpc) is 3.64. The molecule has 3 heterocycles. The van der Waals surface area contributed by atoms with E-state index in [1.807, 2.05) is 36.6 Å². The summed E-state index contributed by atoms with van der Waals surface area (Å²) in [7, 11) is 0.